The molecule has 1 aromatic carbocycles. The van der Waals surface area contributed by atoms with E-state index in [1.165, 1.54) is 14.2 Å². The predicted molar refractivity (Wildman–Crippen MR) is 72.2 cm³/mol. The molecule has 2 amide bonds. The summed E-state index contributed by atoms with van der Waals surface area (Å²) >= 11 is 0. The van der Waals surface area contributed by atoms with E-state index in [-0.39, 0.29) is 5.92 Å². The summed E-state index contributed by atoms with van der Waals surface area (Å²) in [5.41, 5.74) is -0.712. The van der Waals surface area contributed by atoms with E-state index in [0.717, 1.165) is 23.3 Å². The lowest BCUT2D eigenvalue weighted by Gasteiger charge is -2.25. The molecule has 0 spiro atoms. The number of nitrogens with zero attached hydrogens (tertiary/aromatic N) is 1. The molecule has 0 saturated heterocycles. The van der Waals surface area contributed by atoms with Gasteiger partial charge >= 0.3 is 0 Å². The van der Waals surface area contributed by atoms with Crippen LogP contribution >= 0.6 is 0 Å². The van der Waals surface area contributed by atoms with Gasteiger partial charge in [0, 0.05) is 7.05 Å². The fraction of sp³-hybridized carbons (Fsp3) is 0.429. The summed E-state index contributed by atoms with van der Waals surface area (Å²) in [6.45, 7) is 3.40. The maximum absolute atomic E-state index is 13.6. The number of hydrogen-bond donors (Lipinski definition) is 1. The molecule has 0 fully saturated rings. The summed E-state index contributed by atoms with van der Waals surface area (Å²) in [6, 6.07) is 2.16. The fourth-order valence-electron chi connectivity index (χ4n) is 1.73. The van der Waals surface area contributed by atoms with Crippen molar-refractivity contribution in [3.63, 3.8) is 0 Å². The molecule has 0 aliphatic heterocycles. The van der Waals surface area contributed by atoms with E-state index >= 15 is 0 Å². The third-order valence-electron chi connectivity index (χ3n) is 2.99. The zero-order chi connectivity index (χ0) is 16.2. The lowest BCUT2D eigenvalue weighted by Crippen LogP contribution is -2.50. The first-order chi connectivity index (χ1) is 9.79. The lowest BCUT2D eigenvalue weighted by atomic mass is 10.0. The minimum atomic E-state index is -0.984. The van der Waals surface area contributed by atoms with Crippen molar-refractivity contribution in [3.05, 3.63) is 35.4 Å². The molecule has 0 aromatic heterocycles. The summed E-state index contributed by atoms with van der Waals surface area (Å²) in [5, 5.41) is 3.29. The Morgan fingerprint density at radius 2 is 1.76 bits per heavy atom. The van der Waals surface area contributed by atoms with Crippen LogP contribution in [0, 0.1) is 17.6 Å². The van der Waals surface area contributed by atoms with E-state index < -0.39 is 35.1 Å². The summed E-state index contributed by atoms with van der Waals surface area (Å²) in [4.78, 5) is 28.8. The first-order valence-electron chi connectivity index (χ1n) is 6.36. The van der Waals surface area contributed by atoms with Gasteiger partial charge in [-0.2, -0.15) is 0 Å². The van der Waals surface area contributed by atoms with Crippen LogP contribution in [0.5, 0.6) is 0 Å². The number of carbonyl (C=O) groups excluding carboxylic acids is 2. The molecule has 1 rings (SSSR count). The molecule has 0 radical (unpaired) electrons. The number of halogens is 2. The summed E-state index contributed by atoms with van der Waals surface area (Å²) in [6.07, 6.45) is 0. The van der Waals surface area contributed by atoms with Gasteiger partial charge < -0.3 is 5.32 Å². The average Bonchev–Trinajstić information content (AvgIpc) is 2.42. The van der Waals surface area contributed by atoms with E-state index in [1.807, 2.05) is 0 Å². The van der Waals surface area contributed by atoms with Crippen LogP contribution in [-0.2, 0) is 9.63 Å². The molecule has 0 aliphatic carbocycles. The smallest absolute Gasteiger partial charge is 0.268 e. The standard InChI is InChI=1S/C14H18F2N2O3/c1-8(2)12(14(20)18(3)21-4)17-13(19)11-9(15)6-5-7-10(11)16/h5-8,12H,1-4H3,(H,17,19). The maximum Gasteiger partial charge on any atom is 0.268 e. The van der Waals surface area contributed by atoms with Gasteiger partial charge in [-0.25, -0.2) is 13.8 Å². The van der Waals surface area contributed by atoms with E-state index in [4.69, 9.17) is 4.84 Å². The number of nitrogens with one attached hydrogen (secondary N) is 1. The molecule has 1 unspecified atom stereocenters. The molecule has 5 nitrogen and oxygen atoms in total. The molecule has 0 saturated carbocycles. The van der Waals surface area contributed by atoms with Gasteiger partial charge in [0.25, 0.3) is 11.8 Å². The summed E-state index contributed by atoms with van der Waals surface area (Å²) in [5.74, 6) is -3.75. The normalized spacial score (nSPS) is 12.1. The molecule has 0 aliphatic rings. The Morgan fingerprint density at radius 1 is 1.24 bits per heavy atom. The van der Waals surface area contributed by atoms with Crippen LogP contribution in [0.3, 0.4) is 0 Å². The predicted octanol–water partition coefficient (Wildman–Crippen LogP) is 1.74. The number of hydroxylamine groups is 2. The number of amides is 2. The molecule has 0 bridgehead atoms. The van der Waals surface area contributed by atoms with Crippen molar-refractivity contribution < 1.29 is 23.2 Å². The molecule has 1 N–H and O–H groups in total. The lowest BCUT2D eigenvalue weighted by molar-refractivity contribution is -0.171. The second kappa shape index (κ2) is 7.12. The molecular formula is C14H18F2N2O3. The van der Waals surface area contributed by atoms with Gasteiger partial charge in [0.15, 0.2) is 0 Å². The van der Waals surface area contributed by atoms with Crippen LogP contribution in [0.4, 0.5) is 8.78 Å². The Morgan fingerprint density at radius 3 is 2.19 bits per heavy atom. The molecule has 7 heteroatoms. The topological polar surface area (TPSA) is 58.6 Å². The largest absolute Gasteiger partial charge is 0.340 e. The van der Waals surface area contributed by atoms with Gasteiger partial charge in [0.05, 0.1) is 7.11 Å². The number of carbonyl (C=O) groups is 2. The van der Waals surface area contributed by atoms with E-state index in [1.54, 1.807) is 13.8 Å². The van der Waals surface area contributed by atoms with Crippen LogP contribution in [0.1, 0.15) is 24.2 Å². The first kappa shape index (κ1) is 17.0. The van der Waals surface area contributed by atoms with Crippen LogP contribution in [0.2, 0.25) is 0 Å². The molecule has 1 atom stereocenters. The summed E-state index contributed by atoms with van der Waals surface area (Å²) < 4.78 is 27.1. The van der Waals surface area contributed by atoms with Gasteiger partial charge in [-0.15, -0.1) is 0 Å². The Kier molecular flexibility index (Phi) is 5.78. The average molecular weight is 300 g/mol. The van der Waals surface area contributed by atoms with Crippen molar-refractivity contribution in [1.29, 1.82) is 0 Å². The summed E-state index contributed by atoms with van der Waals surface area (Å²) in [7, 11) is 2.68. The van der Waals surface area contributed by atoms with Crippen molar-refractivity contribution in [1.82, 2.24) is 10.4 Å². The zero-order valence-corrected chi connectivity index (χ0v) is 12.3. The number of rotatable bonds is 5. The van der Waals surface area contributed by atoms with Gasteiger partial charge in [-0.05, 0) is 18.1 Å². The third kappa shape index (κ3) is 3.98. The minimum absolute atomic E-state index is 0.283. The Hall–Kier alpha value is -2.02. The number of benzene rings is 1. The minimum Gasteiger partial charge on any atom is -0.340 e. The van der Waals surface area contributed by atoms with Crippen molar-refractivity contribution in [2.45, 2.75) is 19.9 Å². The van der Waals surface area contributed by atoms with Crippen molar-refractivity contribution in [3.8, 4) is 0 Å². The highest BCUT2D eigenvalue weighted by Gasteiger charge is 2.29. The van der Waals surface area contributed by atoms with E-state index in [0.29, 0.717) is 0 Å². The van der Waals surface area contributed by atoms with Crippen molar-refractivity contribution in [2.24, 2.45) is 5.92 Å². The molecule has 1 aromatic rings. The number of likely N-dealkylation sites (N-methyl/N-ethyl adjacent to an activating group) is 1. The highest BCUT2D eigenvalue weighted by Crippen LogP contribution is 2.13. The van der Waals surface area contributed by atoms with Gasteiger partial charge in [-0.1, -0.05) is 19.9 Å². The van der Waals surface area contributed by atoms with Gasteiger partial charge in [-0.3, -0.25) is 14.4 Å². The molecule has 116 valence electrons. The van der Waals surface area contributed by atoms with Crippen LogP contribution in [-0.4, -0.2) is 37.1 Å². The highest BCUT2D eigenvalue weighted by molar-refractivity contribution is 5.97. The van der Waals surface area contributed by atoms with Crippen LogP contribution in [0.25, 0.3) is 0 Å². The first-order valence-corrected chi connectivity index (χ1v) is 6.36. The van der Waals surface area contributed by atoms with Gasteiger partial charge in [0.2, 0.25) is 0 Å². The molecule has 0 heterocycles. The van der Waals surface area contributed by atoms with Crippen molar-refractivity contribution in [2.75, 3.05) is 14.2 Å². The van der Waals surface area contributed by atoms with Crippen LogP contribution in [0.15, 0.2) is 18.2 Å². The van der Waals surface area contributed by atoms with E-state index in [2.05, 4.69) is 5.32 Å². The van der Waals surface area contributed by atoms with E-state index in [9.17, 15) is 18.4 Å². The second-order valence-corrected chi connectivity index (χ2v) is 4.81. The molecular weight excluding hydrogens is 282 g/mol. The van der Waals surface area contributed by atoms with Crippen LogP contribution < -0.4 is 5.32 Å². The second-order valence-electron chi connectivity index (χ2n) is 4.81. The van der Waals surface area contributed by atoms with Gasteiger partial charge in [0.1, 0.15) is 23.2 Å². The fourth-order valence-corrected chi connectivity index (χ4v) is 1.73. The zero-order valence-electron chi connectivity index (χ0n) is 12.3. The quantitative estimate of drug-likeness (QED) is 0.843. The Balaban J connectivity index is 3.00. The monoisotopic (exact) mass is 300 g/mol. The SMILES string of the molecule is CON(C)C(=O)C(NC(=O)c1c(F)cccc1F)C(C)C. The van der Waals surface area contributed by atoms with Crippen molar-refractivity contribution >= 4 is 11.8 Å². The maximum atomic E-state index is 13.6. The Labute approximate surface area is 121 Å². The Bertz CT molecular complexity index is 515. The third-order valence-corrected chi connectivity index (χ3v) is 2.99. The number of hydrogen-bond acceptors (Lipinski definition) is 3. The highest BCUT2D eigenvalue weighted by atomic mass is 19.1. The molecule has 21 heavy (non-hydrogen) atoms.